The van der Waals surface area contributed by atoms with Crippen molar-refractivity contribution >= 4 is 17.5 Å². The van der Waals surface area contributed by atoms with Gasteiger partial charge in [-0.1, -0.05) is 6.07 Å². The summed E-state index contributed by atoms with van der Waals surface area (Å²) < 4.78 is 5.12. The molecule has 0 atom stereocenters. The van der Waals surface area contributed by atoms with Gasteiger partial charge in [0.25, 0.3) is 0 Å². The summed E-state index contributed by atoms with van der Waals surface area (Å²) in [6.45, 7) is 6.54. The third-order valence-corrected chi connectivity index (χ3v) is 4.13. The molecule has 0 N–H and O–H groups in total. The van der Waals surface area contributed by atoms with E-state index >= 15 is 0 Å². The highest BCUT2D eigenvalue weighted by Crippen LogP contribution is 2.39. The molecule has 1 aromatic rings. The van der Waals surface area contributed by atoms with Crippen LogP contribution in [0.5, 0.6) is 5.75 Å². The Morgan fingerprint density at radius 1 is 1.44 bits per heavy atom. The Bertz CT molecular complexity index is 424. The van der Waals surface area contributed by atoms with Crippen LogP contribution < -0.4 is 4.74 Å². The lowest BCUT2D eigenvalue weighted by Gasteiger charge is -2.29. The molecule has 2 rings (SSSR count). The van der Waals surface area contributed by atoms with Crippen molar-refractivity contribution in [3.63, 3.8) is 0 Å². The molecule has 1 aliphatic rings. The number of ketones is 1. The molecule has 1 aromatic carbocycles. The molecule has 16 heavy (non-hydrogen) atoms. The quantitative estimate of drug-likeness (QED) is 0.788. The number of benzene rings is 1. The van der Waals surface area contributed by atoms with Crippen LogP contribution in [-0.4, -0.2) is 17.1 Å². The maximum absolute atomic E-state index is 12.2. The average Bonchev–Trinajstić information content (AvgIpc) is 2.25. The molecular formula is C13H16O2S. The summed E-state index contributed by atoms with van der Waals surface area (Å²) in [7, 11) is 0. The van der Waals surface area contributed by atoms with Gasteiger partial charge in [0.05, 0.1) is 11.4 Å². The van der Waals surface area contributed by atoms with Gasteiger partial charge >= 0.3 is 0 Å². The number of carbonyl (C=O) groups excluding carboxylic acids is 1. The maximum Gasteiger partial charge on any atom is 0.178 e. The van der Waals surface area contributed by atoms with Crippen molar-refractivity contribution < 1.29 is 9.53 Å². The van der Waals surface area contributed by atoms with E-state index in [9.17, 15) is 4.79 Å². The fraction of sp³-hybridized carbons (Fsp3) is 0.462. The fourth-order valence-electron chi connectivity index (χ4n) is 1.80. The van der Waals surface area contributed by atoms with E-state index in [1.54, 1.807) is 11.8 Å². The number of fused-ring (bicyclic) bond motifs is 1. The van der Waals surface area contributed by atoms with Crippen LogP contribution in [0, 0.1) is 0 Å². The number of hydrogen-bond donors (Lipinski definition) is 0. The first-order chi connectivity index (χ1) is 7.54. The lowest BCUT2D eigenvalue weighted by atomic mass is 9.95. The van der Waals surface area contributed by atoms with Crippen LogP contribution in [0.15, 0.2) is 18.2 Å². The van der Waals surface area contributed by atoms with Gasteiger partial charge in [-0.25, -0.2) is 0 Å². The fourth-order valence-corrected chi connectivity index (χ4v) is 2.81. The molecule has 0 bridgehead atoms. The van der Waals surface area contributed by atoms with Crippen LogP contribution in [0.3, 0.4) is 0 Å². The van der Waals surface area contributed by atoms with Gasteiger partial charge < -0.3 is 4.74 Å². The van der Waals surface area contributed by atoms with Crippen LogP contribution in [0.2, 0.25) is 0 Å². The first kappa shape index (κ1) is 11.5. The highest BCUT2D eigenvalue weighted by atomic mass is 32.2. The third-order valence-electron chi connectivity index (χ3n) is 2.77. The number of ether oxygens (including phenoxy) is 1. The minimum Gasteiger partial charge on any atom is -0.494 e. The van der Waals surface area contributed by atoms with E-state index in [-0.39, 0.29) is 10.5 Å². The number of carbonyl (C=O) groups is 1. The molecule has 0 fully saturated rings. The van der Waals surface area contributed by atoms with Gasteiger partial charge in [-0.15, -0.1) is 11.8 Å². The van der Waals surface area contributed by atoms with E-state index in [4.69, 9.17) is 4.74 Å². The van der Waals surface area contributed by atoms with Crippen LogP contribution in [0.4, 0.5) is 0 Å². The molecule has 86 valence electrons. The van der Waals surface area contributed by atoms with Crippen molar-refractivity contribution in [3.05, 3.63) is 29.3 Å². The van der Waals surface area contributed by atoms with Crippen molar-refractivity contribution in [3.8, 4) is 5.75 Å². The van der Waals surface area contributed by atoms with Crippen LogP contribution in [0.25, 0.3) is 0 Å². The average molecular weight is 236 g/mol. The van der Waals surface area contributed by atoms with Crippen LogP contribution in [0.1, 0.15) is 36.7 Å². The zero-order valence-corrected chi connectivity index (χ0v) is 10.7. The van der Waals surface area contributed by atoms with Crippen LogP contribution in [-0.2, 0) is 5.75 Å². The summed E-state index contributed by atoms with van der Waals surface area (Å²) in [4.78, 5) is 12.2. The summed E-state index contributed by atoms with van der Waals surface area (Å²) in [6, 6.07) is 5.82. The Balaban J connectivity index is 2.41. The monoisotopic (exact) mass is 236 g/mol. The maximum atomic E-state index is 12.2. The summed E-state index contributed by atoms with van der Waals surface area (Å²) in [5, 5.41) is 0. The zero-order valence-electron chi connectivity index (χ0n) is 9.87. The lowest BCUT2D eigenvalue weighted by Crippen LogP contribution is -2.32. The topological polar surface area (TPSA) is 26.3 Å². The Morgan fingerprint density at radius 2 is 2.19 bits per heavy atom. The largest absolute Gasteiger partial charge is 0.494 e. The normalized spacial score (nSPS) is 18.1. The van der Waals surface area contributed by atoms with Crippen molar-refractivity contribution in [2.45, 2.75) is 31.3 Å². The second kappa shape index (κ2) is 4.13. The molecule has 0 amide bonds. The SMILES string of the molecule is CCOc1ccc2c(c1)C(=O)C(C)(C)SC2. The number of thioether (sulfide) groups is 1. The smallest absolute Gasteiger partial charge is 0.178 e. The molecule has 0 spiro atoms. The first-order valence-corrected chi connectivity index (χ1v) is 6.47. The van der Waals surface area contributed by atoms with Gasteiger partial charge in [-0.05, 0) is 38.5 Å². The summed E-state index contributed by atoms with van der Waals surface area (Å²) in [6.07, 6.45) is 0. The van der Waals surface area contributed by atoms with Crippen LogP contribution >= 0.6 is 11.8 Å². The second-order valence-electron chi connectivity index (χ2n) is 4.38. The number of Topliss-reactive ketones (excluding diaryl/α,β-unsaturated/α-hetero) is 1. The standard InChI is InChI=1S/C13H16O2S/c1-4-15-10-6-5-9-8-16-13(2,3)12(14)11(9)7-10/h5-7H,4,8H2,1-3H3. The van der Waals surface area contributed by atoms with Crippen molar-refractivity contribution in [1.29, 1.82) is 0 Å². The molecular weight excluding hydrogens is 220 g/mol. The van der Waals surface area contributed by atoms with E-state index in [1.165, 1.54) is 0 Å². The summed E-state index contributed by atoms with van der Waals surface area (Å²) in [5.41, 5.74) is 1.95. The predicted molar refractivity (Wildman–Crippen MR) is 67.3 cm³/mol. The number of hydrogen-bond acceptors (Lipinski definition) is 3. The highest BCUT2D eigenvalue weighted by molar-refractivity contribution is 8.00. The zero-order chi connectivity index (χ0) is 11.8. The molecule has 0 unspecified atom stereocenters. The molecule has 0 aliphatic carbocycles. The number of rotatable bonds is 2. The molecule has 0 aromatic heterocycles. The van der Waals surface area contributed by atoms with Gasteiger partial charge in [0.2, 0.25) is 0 Å². The molecule has 1 heterocycles. The van der Waals surface area contributed by atoms with Gasteiger partial charge in [0.1, 0.15) is 5.75 Å². The Morgan fingerprint density at radius 3 is 2.88 bits per heavy atom. The van der Waals surface area contributed by atoms with E-state index in [2.05, 4.69) is 0 Å². The Labute approximate surface area is 100 Å². The lowest BCUT2D eigenvalue weighted by molar-refractivity contribution is 0.0955. The van der Waals surface area contributed by atoms with E-state index in [0.717, 1.165) is 22.6 Å². The molecule has 0 radical (unpaired) electrons. The molecule has 3 heteroatoms. The third kappa shape index (κ3) is 1.96. The van der Waals surface area contributed by atoms with Crippen molar-refractivity contribution in [2.24, 2.45) is 0 Å². The summed E-state index contributed by atoms with van der Waals surface area (Å²) in [5.74, 6) is 1.90. The highest BCUT2D eigenvalue weighted by Gasteiger charge is 2.34. The minimum atomic E-state index is -0.308. The minimum absolute atomic E-state index is 0.209. The van der Waals surface area contributed by atoms with Crippen molar-refractivity contribution in [2.75, 3.05) is 6.61 Å². The second-order valence-corrected chi connectivity index (χ2v) is 5.98. The molecule has 0 saturated heterocycles. The van der Waals surface area contributed by atoms with E-state index in [1.807, 2.05) is 39.0 Å². The molecule has 1 aliphatic heterocycles. The van der Waals surface area contributed by atoms with E-state index in [0.29, 0.717) is 6.61 Å². The molecule has 2 nitrogen and oxygen atoms in total. The van der Waals surface area contributed by atoms with Crippen molar-refractivity contribution in [1.82, 2.24) is 0 Å². The van der Waals surface area contributed by atoms with Gasteiger partial charge in [0.15, 0.2) is 5.78 Å². The van der Waals surface area contributed by atoms with Gasteiger partial charge in [-0.2, -0.15) is 0 Å². The first-order valence-electron chi connectivity index (χ1n) is 5.49. The Hall–Kier alpha value is -0.960. The van der Waals surface area contributed by atoms with Gasteiger partial charge in [0, 0.05) is 11.3 Å². The predicted octanol–water partition coefficient (Wildman–Crippen LogP) is 3.29. The Kier molecular flexibility index (Phi) is 2.98. The van der Waals surface area contributed by atoms with E-state index < -0.39 is 0 Å². The van der Waals surface area contributed by atoms with Gasteiger partial charge in [-0.3, -0.25) is 4.79 Å². The molecule has 0 saturated carbocycles. The summed E-state index contributed by atoms with van der Waals surface area (Å²) >= 11 is 1.70.